The summed E-state index contributed by atoms with van der Waals surface area (Å²) < 4.78 is 2.26. The summed E-state index contributed by atoms with van der Waals surface area (Å²) in [7, 11) is 4.14. The predicted molar refractivity (Wildman–Crippen MR) is 103 cm³/mol. The van der Waals surface area contributed by atoms with Gasteiger partial charge in [-0.3, -0.25) is 0 Å². The third kappa shape index (κ3) is 2.17. The molecule has 1 aliphatic heterocycles. The molecule has 25 heavy (non-hydrogen) atoms. The maximum Gasteiger partial charge on any atom is 0.105 e. The molecule has 4 nitrogen and oxygen atoms in total. The van der Waals surface area contributed by atoms with Gasteiger partial charge in [0, 0.05) is 20.6 Å². The van der Waals surface area contributed by atoms with E-state index in [-0.39, 0.29) is 0 Å². The molecular formula is C21H22N4. The number of rotatable bonds is 3. The number of benzene rings is 2. The highest BCUT2D eigenvalue weighted by atomic mass is 15.4. The molecule has 1 aromatic heterocycles. The van der Waals surface area contributed by atoms with Crippen LogP contribution in [0.1, 0.15) is 29.9 Å². The molecule has 1 saturated carbocycles. The van der Waals surface area contributed by atoms with Crippen molar-refractivity contribution in [1.29, 1.82) is 0 Å². The Kier molecular flexibility index (Phi) is 2.99. The van der Waals surface area contributed by atoms with Crippen molar-refractivity contribution in [2.45, 2.75) is 25.3 Å². The van der Waals surface area contributed by atoms with Crippen LogP contribution in [0.4, 0.5) is 11.4 Å². The smallest absolute Gasteiger partial charge is 0.105 e. The third-order valence-corrected chi connectivity index (χ3v) is 5.59. The van der Waals surface area contributed by atoms with Gasteiger partial charge in [0.05, 0.1) is 28.7 Å². The monoisotopic (exact) mass is 330 g/mol. The van der Waals surface area contributed by atoms with Crippen LogP contribution in [0.25, 0.3) is 11.0 Å². The molecule has 0 amide bonds. The molecule has 0 unspecified atom stereocenters. The first-order chi connectivity index (χ1) is 12.1. The van der Waals surface area contributed by atoms with Gasteiger partial charge in [0.2, 0.25) is 0 Å². The second-order valence-electron chi connectivity index (χ2n) is 7.22. The van der Waals surface area contributed by atoms with E-state index in [0.29, 0.717) is 0 Å². The van der Waals surface area contributed by atoms with E-state index in [1.165, 1.54) is 46.4 Å². The fourth-order valence-electron chi connectivity index (χ4n) is 3.88. The van der Waals surface area contributed by atoms with E-state index in [1.807, 2.05) is 6.33 Å². The minimum Gasteiger partial charge on any atom is -0.330 e. The van der Waals surface area contributed by atoms with Crippen LogP contribution in [0.5, 0.6) is 0 Å². The van der Waals surface area contributed by atoms with Gasteiger partial charge in [-0.2, -0.15) is 0 Å². The summed E-state index contributed by atoms with van der Waals surface area (Å²) in [4.78, 5) is 9.00. The summed E-state index contributed by atoms with van der Waals surface area (Å²) in [6.07, 6.45) is 4.60. The Bertz CT molecular complexity index is 996. The van der Waals surface area contributed by atoms with Gasteiger partial charge in [-0.15, -0.1) is 0 Å². The Labute approximate surface area is 148 Å². The number of hydrogen-bond donors (Lipinski definition) is 0. The molecule has 2 aromatic carbocycles. The second-order valence-corrected chi connectivity index (χ2v) is 7.22. The van der Waals surface area contributed by atoms with Crippen LogP contribution in [-0.2, 0) is 6.54 Å². The Hall–Kier alpha value is -2.75. The van der Waals surface area contributed by atoms with Crippen molar-refractivity contribution >= 4 is 22.4 Å². The van der Waals surface area contributed by atoms with Crippen LogP contribution < -0.4 is 9.80 Å². The molecule has 0 bridgehead atoms. The van der Waals surface area contributed by atoms with Crippen molar-refractivity contribution in [1.82, 2.24) is 9.55 Å². The average Bonchev–Trinajstić information content (AvgIpc) is 3.37. The number of anilines is 2. The van der Waals surface area contributed by atoms with Crippen molar-refractivity contribution in [2.75, 3.05) is 23.9 Å². The molecule has 0 atom stereocenters. The zero-order valence-electron chi connectivity index (χ0n) is 14.7. The van der Waals surface area contributed by atoms with E-state index < -0.39 is 0 Å². The van der Waals surface area contributed by atoms with Crippen molar-refractivity contribution in [2.24, 2.45) is 0 Å². The lowest BCUT2D eigenvalue weighted by Crippen LogP contribution is -2.20. The highest BCUT2D eigenvalue weighted by Crippen LogP contribution is 2.43. The quantitative estimate of drug-likeness (QED) is 0.715. The van der Waals surface area contributed by atoms with E-state index in [0.717, 1.165) is 18.3 Å². The Morgan fingerprint density at radius 1 is 1.08 bits per heavy atom. The molecule has 0 radical (unpaired) electrons. The third-order valence-electron chi connectivity index (χ3n) is 5.59. The highest BCUT2D eigenvalue weighted by Gasteiger charge is 2.27. The molecule has 0 N–H and O–H groups in total. The summed E-state index contributed by atoms with van der Waals surface area (Å²) in [6, 6.07) is 13.3. The lowest BCUT2D eigenvalue weighted by atomic mass is 10.1. The lowest BCUT2D eigenvalue weighted by molar-refractivity contribution is 0.824. The van der Waals surface area contributed by atoms with Crippen molar-refractivity contribution in [3.8, 4) is 0 Å². The molecule has 2 heterocycles. The zero-order chi connectivity index (χ0) is 17.1. The Morgan fingerprint density at radius 3 is 2.68 bits per heavy atom. The maximum absolute atomic E-state index is 4.72. The topological polar surface area (TPSA) is 24.3 Å². The van der Waals surface area contributed by atoms with E-state index in [9.17, 15) is 0 Å². The SMILES string of the molecule is C=C1N(C)c2ccc(Cn3cnc4c(C5CC5)cccc43)cc2N1C. The van der Waals surface area contributed by atoms with Gasteiger partial charge >= 0.3 is 0 Å². The largest absolute Gasteiger partial charge is 0.330 e. The van der Waals surface area contributed by atoms with Gasteiger partial charge in [0.1, 0.15) is 5.82 Å². The van der Waals surface area contributed by atoms with Gasteiger partial charge in [0.15, 0.2) is 0 Å². The molecule has 2 aliphatic rings. The lowest BCUT2D eigenvalue weighted by Gasteiger charge is -2.15. The van der Waals surface area contributed by atoms with Crippen LogP contribution in [0.3, 0.4) is 0 Å². The van der Waals surface area contributed by atoms with Crippen molar-refractivity contribution < 1.29 is 0 Å². The number of aromatic nitrogens is 2. The molecule has 4 heteroatoms. The van der Waals surface area contributed by atoms with Crippen LogP contribution in [0.15, 0.2) is 55.1 Å². The number of imidazole rings is 1. The second kappa shape index (κ2) is 5.12. The Morgan fingerprint density at radius 2 is 1.88 bits per heavy atom. The maximum atomic E-state index is 4.72. The first-order valence-corrected chi connectivity index (χ1v) is 8.86. The number of hydrogen-bond acceptors (Lipinski definition) is 3. The number of para-hydroxylation sites is 1. The van der Waals surface area contributed by atoms with E-state index >= 15 is 0 Å². The average molecular weight is 330 g/mol. The fraction of sp³-hybridized carbons (Fsp3) is 0.286. The minimum absolute atomic E-state index is 0.724. The van der Waals surface area contributed by atoms with Crippen LogP contribution >= 0.6 is 0 Å². The summed E-state index contributed by atoms with van der Waals surface area (Å²) in [5, 5.41) is 0. The first-order valence-electron chi connectivity index (χ1n) is 8.86. The first kappa shape index (κ1) is 14.6. The van der Waals surface area contributed by atoms with Gasteiger partial charge in [-0.25, -0.2) is 4.98 Å². The molecule has 0 spiro atoms. The van der Waals surface area contributed by atoms with Gasteiger partial charge in [0.25, 0.3) is 0 Å². The molecule has 126 valence electrons. The van der Waals surface area contributed by atoms with Gasteiger partial charge in [-0.1, -0.05) is 24.8 Å². The zero-order valence-corrected chi connectivity index (χ0v) is 14.7. The standard InChI is InChI=1S/C21H22N4/c1-14-23(2)18-10-7-15(11-20(18)24(14)3)12-25-13-22-21-17(16-8-9-16)5-4-6-19(21)25/h4-7,10-11,13,16H,1,8-9,12H2,2-3H3. The molecule has 3 aromatic rings. The molecule has 0 saturated heterocycles. The highest BCUT2D eigenvalue weighted by molar-refractivity contribution is 5.82. The summed E-state index contributed by atoms with van der Waals surface area (Å²) in [5.74, 6) is 1.73. The summed E-state index contributed by atoms with van der Waals surface area (Å²) in [6.45, 7) is 4.98. The Balaban J connectivity index is 1.52. The van der Waals surface area contributed by atoms with Gasteiger partial charge < -0.3 is 14.4 Å². The number of fused-ring (bicyclic) bond motifs is 2. The van der Waals surface area contributed by atoms with Crippen LogP contribution in [-0.4, -0.2) is 23.6 Å². The van der Waals surface area contributed by atoms with Gasteiger partial charge in [-0.05, 0) is 48.1 Å². The molecular weight excluding hydrogens is 308 g/mol. The van der Waals surface area contributed by atoms with Crippen molar-refractivity contribution in [3.63, 3.8) is 0 Å². The normalized spacial score (nSPS) is 16.8. The molecule has 5 rings (SSSR count). The number of nitrogens with zero attached hydrogens (tertiary/aromatic N) is 4. The molecule has 1 aliphatic carbocycles. The van der Waals surface area contributed by atoms with Crippen LogP contribution in [0.2, 0.25) is 0 Å². The van der Waals surface area contributed by atoms with Crippen molar-refractivity contribution in [3.05, 3.63) is 66.3 Å². The van der Waals surface area contributed by atoms with Crippen LogP contribution in [0, 0.1) is 0 Å². The fourth-order valence-corrected chi connectivity index (χ4v) is 3.88. The van der Waals surface area contributed by atoms with E-state index in [2.05, 4.69) is 71.4 Å². The summed E-state index contributed by atoms with van der Waals surface area (Å²) in [5.41, 5.74) is 7.54. The minimum atomic E-state index is 0.724. The summed E-state index contributed by atoms with van der Waals surface area (Å²) >= 11 is 0. The van der Waals surface area contributed by atoms with E-state index in [1.54, 1.807) is 0 Å². The predicted octanol–water partition coefficient (Wildman–Crippen LogP) is 4.32. The van der Waals surface area contributed by atoms with E-state index in [4.69, 9.17) is 4.98 Å². The molecule has 1 fully saturated rings.